The molecule has 1 N–H and O–H groups in total. The predicted octanol–water partition coefficient (Wildman–Crippen LogP) is 2.66. The number of aromatic carboxylic acids is 1. The van der Waals surface area contributed by atoms with Crippen LogP contribution in [0.1, 0.15) is 33.3 Å². The Morgan fingerprint density at radius 1 is 1.33 bits per heavy atom. The second-order valence-electron chi connectivity index (χ2n) is 5.20. The number of oxazole rings is 1. The molecule has 0 saturated carbocycles. The molecule has 0 saturated heterocycles. The highest BCUT2D eigenvalue weighted by molar-refractivity contribution is 5.89. The first-order valence-corrected chi connectivity index (χ1v) is 6.90. The number of aryl methyl sites for hydroxylation is 2. The van der Waals surface area contributed by atoms with Crippen molar-refractivity contribution in [3.8, 4) is 0 Å². The Morgan fingerprint density at radius 2 is 2.05 bits per heavy atom. The van der Waals surface area contributed by atoms with Crippen molar-refractivity contribution in [2.24, 2.45) is 0 Å². The third-order valence-electron chi connectivity index (χ3n) is 3.49. The van der Waals surface area contributed by atoms with Crippen LogP contribution in [0.25, 0.3) is 0 Å². The standard InChI is InChI=1S/C16H20N2O3/c1-11-12(2)21-15(17-11)10-18(3)9-8-13-6-4-5-7-14(13)16(19)20/h4-7H,8-10H2,1-3H3,(H,19,20). The summed E-state index contributed by atoms with van der Waals surface area (Å²) in [5, 5.41) is 9.16. The van der Waals surface area contributed by atoms with Crippen molar-refractivity contribution < 1.29 is 14.3 Å². The van der Waals surface area contributed by atoms with Crippen LogP contribution in [0.3, 0.4) is 0 Å². The summed E-state index contributed by atoms with van der Waals surface area (Å²) in [6.45, 7) is 5.18. The fourth-order valence-electron chi connectivity index (χ4n) is 2.18. The lowest BCUT2D eigenvalue weighted by Gasteiger charge is -2.15. The van der Waals surface area contributed by atoms with Gasteiger partial charge >= 0.3 is 5.97 Å². The summed E-state index contributed by atoms with van der Waals surface area (Å²) in [7, 11) is 1.97. The molecule has 0 spiro atoms. The maximum atomic E-state index is 11.2. The highest BCUT2D eigenvalue weighted by Crippen LogP contribution is 2.12. The molecular weight excluding hydrogens is 268 g/mol. The van der Waals surface area contributed by atoms with Gasteiger partial charge in [-0.05, 0) is 38.9 Å². The molecule has 0 aliphatic rings. The fraction of sp³-hybridized carbons (Fsp3) is 0.375. The average Bonchev–Trinajstić information content (AvgIpc) is 2.75. The van der Waals surface area contributed by atoms with Crippen LogP contribution in [-0.2, 0) is 13.0 Å². The number of carboxylic acid groups (broad SMARTS) is 1. The highest BCUT2D eigenvalue weighted by Gasteiger charge is 2.11. The molecule has 2 aromatic rings. The summed E-state index contributed by atoms with van der Waals surface area (Å²) in [5.74, 6) is 0.654. The Kier molecular flexibility index (Phi) is 4.75. The van der Waals surface area contributed by atoms with Gasteiger partial charge in [-0.1, -0.05) is 18.2 Å². The van der Waals surface area contributed by atoms with E-state index in [4.69, 9.17) is 9.52 Å². The van der Waals surface area contributed by atoms with Gasteiger partial charge in [-0.25, -0.2) is 9.78 Å². The summed E-state index contributed by atoms with van der Waals surface area (Å²) in [4.78, 5) is 17.6. The maximum Gasteiger partial charge on any atom is 0.335 e. The molecule has 21 heavy (non-hydrogen) atoms. The number of carbonyl (C=O) groups is 1. The fourth-order valence-corrected chi connectivity index (χ4v) is 2.18. The van der Waals surface area contributed by atoms with Crippen molar-refractivity contribution in [2.45, 2.75) is 26.8 Å². The number of benzene rings is 1. The van der Waals surface area contributed by atoms with E-state index in [-0.39, 0.29) is 0 Å². The smallest absolute Gasteiger partial charge is 0.335 e. The molecule has 0 fully saturated rings. The first-order valence-electron chi connectivity index (χ1n) is 6.90. The van der Waals surface area contributed by atoms with Crippen LogP contribution in [0.4, 0.5) is 0 Å². The van der Waals surface area contributed by atoms with Crippen molar-refractivity contribution in [1.82, 2.24) is 9.88 Å². The van der Waals surface area contributed by atoms with Gasteiger partial charge in [0.1, 0.15) is 5.76 Å². The van der Waals surface area contributed by atoms with Crippen molar-refractivity contribution in [1.29, 1.82) is 0 Å². The van der Waals surface area contributed by atoms with E-state index in [9.17, 15) is 4.79 Å². The molecule has 112 valence electrons. The number of rotatable bonds is 6. The second kappa shape index (κ2) is 6.54. The van der Waals surface area contributed by atoms with Crippen molar-refractivity contribution in [3.63, 3.8) is 0 Å². The lowest BCUT2D eigenvalue weighted by Crippen LogP contribution is -2.21. The van der Waals surface area contributed by atoms with Crippen LogP contribution >= 0.6 is 0 Å². The molecule has 2 rings (SSSR count). The van der Waals surface area contributed by atoms with Crippen molar-refractivity contribution in [3.05, 3.63) is 52.7 Å². The van der Waals surface area contributed by atoms with E-state index in [1.165, 1.54) is 0 Å². The number of aromatic nitrogens is 1. The summed E-state index contributed by atoms with van der Waals surface area (Å²) in [6.07, 6.45) is 0.678. The predicted molar refractivity (Wildman–Crippen MR) is 79.4 cm³/mol. The summed E-state index contributed by atoms with van der Waals surface area (Å²) < 4.78 is 5.55. The van der Waals surface area contributed by atoms with Gasteiger partial charge in [0.2, 0.25) is 5.89 Å². The molecule has 0 amide bonds. The minimum absolute atomic E-state index is 0.369. The first kappa shape index (κ1) is 15.3. The molecule has 5 heteroatoms. The molecule has 0 aliphatic heterocycles. The van der Waals surface area contributed by atoms with E-state index >= 15 is 0 Å². The maximum absolute atomic E-state index is 11.2. The van der Waals surface area contributed by atoms with Gasteiger partial charge in [0.25, 0.3) is 0 Å². The van der Waals surface area contributed by atoms with Gasteiger partial charge in [0.15, 0.2) is 0 Å². The quantitative estimate of drug-likeness (QED) is 0.885. The van der Waals surface area contributed by atoms with E-state index in [0.29, 0.717) is 24.4 Å². The molecule has 5 nitrogen and oxygen atoms in total. The average molecular weight is 288 g/mol. The number of nitrogens with zero attached hydrogens (tertiary/aromatic N) is 2. The number of hydrogen-bond donors (Lipinski definition) is 1. The number of carboxylic acids is 1. The van der Waals surface area contributed by atoms with E-state index in [1.807, 2.05) is 33.0 Å². The van der Waals surface area contributed by atoms with E-state index < -0.39 is 5.97 Å². The van der Waals surface area contributed by atoms with Crippen LogP contribution in [-0.4, -0.2) is 34.6 Å². The van der Waals surface area contributed by atoms with Gasteiger partial charge in [-0.3, -0.25) is 4.90 Å². The van der Waals surface area contributed by atoms with Gasteiger partial charge in [0, 0.05) is 6.54 Å². The third-order valence-corrected chi connectivity index (χ3v) is 3.49. The monoisotopic (exact) mass is 288 g/mol. The van der Waals surface area contributed by atoms with Gasteiger partial charge in [-0.2, -0.15) is 0 Å². The summed E-state index contributed by atoms with van der Waals surface area (Å²) in [6, 6.07) is 7.10. The summed E-state index contributed by atoms with van der Waals surface area (Å²) in [5.41, 5.74) is 2.12. The lowest BCUT2D eigenvalue weighted by atomic mass is 10.0. The minimum Gasteiger partial charge on any atom is -0.478 e. The van der Waals surface area contributed by atoms with Crippen LogP contribution in [0.2, 0.25) is 0 Å². The molecule has 1 aromatic carbocycles. The molecule has 1 heterocycles. The zero-order chi connectivity index (χ0) is 15.4. The number of hydrogen-bond acceptors (Lipinski definition) is 4. The molecule has 0 aliphatic carbocycles. The summed E-state index contributed by atoms with van der Waals surface area (Å²) >= 11 is 0. The molecule has 0 atom stereocenters. The topological polar surface area (TPSA) is 66.6 Å². The third kappa shape index (κ3) is 3.92. The van der Waals surface area contributed by atoms with Crippen molar-refractivity contribution >= 4 is 5.97 Å². The first-order chi connectivity index (χ1) is 9.97. The Bertz CT molecular complexity index is 615. The Morgan fingerprint density at radius 3 is 2.67 bits per heavy atom. The van der Waals surface area contributed by atoms with Crippen molar-refractivity contribution in [2.75, 3.05) is 13.6 Å². The minimum atomic E-state index is -0.882. The van der Waals surface area contributed by atoms with Gasteiger partial charge < -0.3 is 9.52 Å². The second-order valence-corrected chi connectivity index (χ2v) is 5.20. The Labute approximate surface area is 124 Å². The number of likely N-dealkylation sites (N-methyl/N-ethyl adjacent to an activating group) is 1. The van der Waals surface area contributed by atoms with Gasteiger partial charge in [0.05, 0.1) is 17.8 Å². The Balaban J connectivity index is 1.95. The highest BCUT2D eigenvalue weighted by atomic mass is 16.4. The van der Waals surface area contributed by atoms with E-state index in [1.54, 1.807) is 12.1 Å². The van der Waals surface area contributed by atoms with Gasteiger partial charge in [-0.15, -0.1) is 0 Å². The van der Waals surface area contributed by atoms with Crippen LogP contribution in [0.15, 0.2) is 28.7 Å². The zero-order valence-corrected chi connectivity index (χ0v) is 12.6. The Hall–Kier alpha value is -2.14. The SMILES string of the molecule is Cc1nc(CN(C)CCc2ccccc2C(=O)O)oc1C. The zero-order valence-electron chi connectivity index (χ0n) is 12.6. The molecule has 1 aromatic heterocycles. The molecule has 0 radical (unpaired) electrons. The molecular formula is C16H20N2O3. The molecule has 0 unspecified atom stereocenters. The normalized spacial score (nSPS) is 11.0. The van der Waals surface area contributed by atoms with E-state index in [2.05, 4.69) is 9.88 Å². The van der Waals surface area contributed by atoms with E-state index in [0.717, 1.165) is 23.6 Å². The lowest BCUT2D eigenvalue weighted by molar-refractivity contribution is 0.0695. The molecule has 0 bridgehead atoms. The largest absolute Gasteiger partial charge is 0.478 e. The van der Waals surface area contributed by atoms with Crippen LogP contribution < -0.4 is 0 Å². The van der Waals surface area contributed by atoms with Crippen LogP contribution in [0, 0.1) is 13.8 Å². The van der Waals surface area contributed by atoms with Crippen LogP contribution in [0.5, 0.6) is 0 Å².